The van der Waals surface area contributed by atoms with E-state index >= 15 is 0 Å². The van der Waals surface area contributed by atoms with E-state index in [4.69, 9.17) is 4.74 Å². The van der Waals surface area contributed by atoms with Crippen LogP contribution in [0.4, 0.5) is 0 Å². The highest BCUT2D eigenvalue weighted by atomic mass is 16.5. The molecule has 1 fully saturated rings. The second-order valence-electron chi connectivity index (χ2n) is 7.56. The van der Waals surface area contributed by atoms with Crippen LogP contribution >= 0.6 is 0 Å². The first kappa shape index (κ1) is 17.2. The Balaban J connectivity index is 1.49. The summed E-state index contributed by atoms with van der Waals surface area (Å²) in [7, 11) is 0. The van der Waals surface area contributed by atoms with Crippen LogP contribution < -0.4 is 5.56 Å². The number of aromatic amines is 1. The molecule has 1 amide bonds. The highest BCUT2D eigenvalue weighted by Gasteiger charge is 2.28. The van der Waals surface area contributed by atoms with Crippen LogP contribution in [0.1, 0.15) is 34.3 Å². The second kappa shape index (κ2) is 6.91. The van der Waals surface area contributed by atoms with Crippen LogP contribution in [0, 0.1) is 0 Å². The first-order valence-electron chi connectivity index (χ1n) is 9.75. The van der Waals surface area contributed by atoms with Crippen molar-refractivity contribution in [3.8, 4) is 11.3 Å². The minimum Gasteiger partial charge on any atom is -0.376 e. The minimum atomic E-state index is -0.269. The monoisotopic (exact) mass is 378 g/mol. The van der Waals surface area contributed by atoms with Crippen molar-refractivity contribution in [2.45, 2.75) is 38.5 Å². The molecule has 0 bridgehead atoms. The van der Waals surface area contributed by atoms with Crippen molar-refractivity contribution in [1.29, 1.82) is 0 Å². The zero-order valence-electron chi connectivity index (χ0n) is 15.6. The van der Waals surface area contributed by atoms with Gasteiger partial charge >= 0.3 is 0 Å². The molecule has 1 saturated heterocycles. The van der Waals surface area contributed by atoms with Crippen LogP contribution in [-0.4, -0.2) is 44.8 Å². The number of hydrogen-bond donors (Lipinski definition) is 1. The van der Waals surface area contributed by atoms with Gasteiger partial charge in [-0.25, -0.2) is 5.10 Å². The van der Waals surface area contributed by atoms with Gasteiger partial charge in [0.2, 0.25) is 0 Å². The maximum absolute atomic E-state index is 13.3. The largest absolute Gasteiger partial charge is 0.376 e. The highest BCUT2D eigenvalue weighted by molar-refractivity contribution is 6.00. The summed E-state index contributed by atoms with van der Waals surface area (Å²) in [6, 6.07) is 8.22. The Morgan fingerprint density at radius 2 is 2.11 bits per heavy atom. The number of amides is 1. The molecule has 28 heavy (non-hydrogen) atoms. The molecule has 1 aromatic carbocycles. The molecule has 1 aromatic rings. The summed E-state index contributed by atoms with van der Waals surface area (Å²) in [6.45, 7) is 2.63. The smallest absolute Gasteiger partial charge is 0.275 e. The standard InChI is InChI=1S/C21H22N4O3/c26-20-17-12-24(11-16-6-3-9-28-16)13-18(19(17)22-23-20)21(27)25-8-7-14-4-1-2-5-15(14)10-25/h1-2,4-5,12-13,16H,3,6-11H2,(H,23,26). The van der Waals surface area contributed by atoms with Gasteiger partial charge in [0.1, 0.15) is 5.69 Å². The lowest BCUT2D eigenvalue weighted by Crippen LogP contribution is -2.36. The molecule has 1 unspecified atom stereocenters. The third-order valence-corrected chi connectivity index (χ3v) is 5.70. The summed E-state index contributed by atoms with van der Waals surface area (Å²) in [5, 5.41) is 6.61. The predicted molar refractivity (Wildman–Crippen MR) is 103 cm³/mol. The minimum absolute atomic E-state index is 0.0901. The van der Waals surface area contributed by atoms with E-state index in [1.807, 2.05) is 27.8 Å². The van der Waals surface area contributed by atoms with Crippen LogP contribution in [0.15, 0.2) is 41.5 Å². The van der Waals surface area contributed by atoms with Crippen molar-refractivity contribution < 1.29 is 9.53 Å². The van der Waals surface area contributed by atoms with Crippen LogP contribution in [0.2, 0.25) is 0 Å². The summed E-state index contributed by atoms with van der Waals surface area (Å²) in [4.78, 5) is 27.4. The van der Waals surface area contributed by atoms with Crippen molar-refractivity contribution >= 4 is 5.91 Å². The summed E-state index contributed by atoms with van der Waals surface area (Å²) < 4.78 is 7.62. The first-order chi connectivity index (χ1) is 13.7. The number of hydrogen-bond acceptors (Lipinski definition) is 4. The number of pyridine rings is 1. The Morgan fingerprint density at radius 3 is 2.93 bits per heavy atom. The fourth-order valence-corrected chi connectivity index (χ4v) is 4.21. The Labute approximate surface area is 162 Å². The number of benzene rings is 1. The van der Waals surface area contributed by atoms with Gasteiger partial charge in [0.05, 0.1) is 17.2 Å². The molecule has 0 aliphatic carbocycles. The lowest BCUT2D eigenvalue weighted by molar-refractivity contribution is 0.0732. The number of aromatic nitrogens is 3. The van der Waals surface area contributed by atoms with Gasteiger partial charge in [0.15, 0.2) is 0 Å². The Kier molecular flexibility index (Phi) is 4.24. The lowest BCUT2D eigenvalue weighted by atomic mass is 9.99. The number of carbonyl (C=O) groups excluding carboxylic acids is 1. The molecule has 4 aliphatic rings. The second-order valence-corrected chi connectivity index (χ2v) is 7.56. The van der Waals surface area contributed by atoms with Gasteiger partial charge in [-0.05, 0) is 30.4 Å². The van der Waals surface area contributed by atoms with E-state index in [0.29, 0.717) is 36.5 Å². The topological polar surface area (TPSA) is 80.2 Å². The molecule has 4 heterocycles. The van der Waals surface area contributed by atoms with Gasteiger partial charge in [-0.15, -0.1) is 0 Å². The van der Waals surface area contributed by atoms with Crippen molar-refractivity contribution in [2.75, 3.05) is 13.2 Å². The fraction of sp³-hybridized carbons (Fsp3) is 0.381. The summed E-state index contributed by atoms with van der Waals surface area (Å²) >= 11 is 0. The SMILES string of the molecule is O=C(c1cn(CC2CCCO2)cc2c(=O)[nH]nc1-2)N1CCc2ccccc2C1. The third-order valence-electron chi connectivity index (χ3n) is 5.70. The number of ether oxygens (including phenoxy) is 1. The van der Waals surface area contributed by atoms with E-state index < -0.39 is 0 Å². The maximum atomic E-state index is 13.3. The van der Waals surface area contributed by atoms with Crippen molar-refractivity contribution in [1.82, 2.24) is 19.7 Å². The van der Waals surface area contributed by atoms with Crippen LogP contribution in [0.3, 0.4) is 0 Å². The zero-order chi connectivity index (χ0) is 19.1. The van der Waals surface area contributed by atoms with Crippen LogP contribution in [0.25, 0.3) is 11.3 Å². The molecule has 0 aromatic heterocycles. The molecular weight excluding hydrogens is 356 g/mol. The fourth-order valence-electron chi connectivity index (χ4n) is 4.21. The number of fused-ring (bicyclic) bond motifs is 2. The molecule has 0 spiro atoms. The number of rotatable bonds is 3. The van der Waals surface area contributed by atoms with E-state index in [2.05, 4.69) is 22.3 Å². The van der Waals surface area contributed by atoms with Gasteiger partial charge in [0, 0.05) is 38.6 Å². The predicted octanol–water partition coefficient (Wildman–Crippen LogP) is 2.05. The van der Waals surface area contributed by atoms with Gasteiger partial charge in [0.25, 0.3) is 11.5 Å². The number of nitrogens with zero attached hydrogens (tertiary/aromatic N) is 3. The normalized spacial score (nSPS) is 19.1. The Hall–Kier alpha value is -2.93. The van der Waals surface area contributed by atoms with Gasteiger partial charge < -0.3 is 14.2 Å². The molecule has 1 N–H and O–H groups in total. The van der Waals surface area contributed by atoms with Crippen molar-refractivity contribution in [3.05, 3.63) is 63.7 Å². The molecule has 4 aliphatic heterocycles. The van der Waals surface area contributed by atoms with Crippen molar-refractivity contribution in [3.63, 3.8) is 0 Å². The van der Waals surface area contributed by atoms with Crippen molar-refractivity contribution in [2.24, 2.45) is 0 Å². The molecule has 5 rings (SSSR count). The molecular formula is C21H22N4O3. The maximum Gasteiger partial charge on any atom is 0.275 e. The van der Waals surface area contributed by atoms with E-state index in [0.717, 1.165) is 25.9 Å². The van der Waals surface area contributed by atoms with E-state index in [9.17, 15) is 9.59 Å². The average molecular weight is 378 g/mol. The third kappa shape index (κ3) is 3.01. The van der Waals surface area contributed by atoms with E-state index in [1.165, 1.54) is 11.1 Å². The summed E-state index contributed by atoms with van der Waals surface area (Å²) in [6.07, 6.45) is 6.58. The summed E-state index contributed by atoms with van der Waals surface area (Å²) in [5.41, 5.74) is 3.55. The molecule has 0 saturated carbocycles. The first-order valence-corrected chi connectivity index (χ1v) is 9.75. The number of carbonyl (C=O) groups is 1. The zero-order valence-corrected chi connectivity index (χ0v) is 15.6. The molecule has 0 radical (unpaired) electrons. The van der Waals surface area contributed by atoms with Gasteiger partial charge in [-0.3, -0.25) is 9.59 Å². The Bertz CT molecular complexity index is 1050. The molecule has 7 heteroatoms. The van der Waals surface area contributed by atoms with E-state index in [1.54, 1.807) is 6.20 Å². The average Bonchev–Trinajstić information content (AvgIpc) is 3.37. The lowest BCUT2D eigenvalue weighted by Gasteiger charge is -2.29. The van der Waals surface area contributed by atoms with Gasteiger partial charge in [-0.2, -0.15) is 5.10 Å². The summed E-state index contributed by atoms with van der Waals surface area (Å²) in [5.74, 6) is -0.0901. The quantitative estimate of drug-likeness (QED) is 0.756. The molecule has 144 valence electrons. The molecule has 1 atom stereocenters. The molecule has 7 nitrogen and oxygen atoms in total. The van der Waals surface area contributed by atoms with Crippen LogP contribution in [0.5, 0.6) is 0 Å². The van der Waals surface area contributed by atoms with Gasteiger partial charge in [-0.1, -0.05) is 24.3 Å². The Morgan fingerprint density at radius 1 is 1.25 bits per heavy atom. The van der Waals surface area contributed by atoms with Crippen LogP contribution in [-0.2, 0) is 24.2 Å². The number of nitrogens with one attached hydrogen (secondary N) is 1. The number of H-pyrrole nitrogens is 1. The highest BCUT2D eigenvalue weighted by Crippen LogP contribution is 2.26. The van der Waals surface area contributed by atoms with E-state index in [-0.39, 0.29) is 17.6 Å².